The van der Waals surface area contributed by atoms with Crippen molar-refractivity contribution >= 4 is 38.2 Å². The van der Waals surface area contributed by atoms with Gasteiger partial charge in [0.1, 0.15) is 4.75 Å². The van der Waals surface area contributed by atoms with E-state index in [0.717, 1.165) is 10.9 Å². The largest absolute Gasteiger partial charge is 0.281 e. The standard InChI is InChI=1S/C17H17ClN2O2S/c1-12-11-14(16-13(15(12)18)7-6-10-19-16)20-23(21,22)17(2)8-4-3-5-9-17/h3-8,10-11,20H,9H2,1-2H3. The highest BCUT2D eigenvalue weighted by atomic mass is 35.5. The fourth-order valence-electron chi connectivity index (χ4n) is 2.60. The summed E-state index contributed by atoms with van der Waals surface area (Å²) in [5, 5.41) is 1.32. The minimum Gasteiger partial charge on any atom is -0.281 e. The Kier molecular flexibility index (Phi) is 3.94. The predicted octanol–water partition coefficient (Wildman–Crippen LogP) is 4.21. The number of nitrogens with one attached hydrogen (secondary N) is 1. The third-order valence-electron chi connectivity index (χ3n) is 4.08. The number of benzene rings is 1. The topological polar surface area (TPSA) is 59.1 Å². The number of anilines is 1. The molecule has 23 heavy (non-hydrogen) atoms. The molecule has 0 saturated heterocycles. The highest BCUT2D eigenvalue weighted by Crippen LogP contribution is 2.34. The van der Waals surface area contributed by atoms with Gasteiger partial charge in [0, 0.05) is 11.6 Å². The van der Waals surface area contributed by atoms with Crippen LogP contribution < -0.4 is 4.72 Å². The van der Waals surface area contributed by atoms with E-state index in [1.807, 2.05) is 25.1 Å². The number of pyridine rings is 1. The summed E-state index contributed by atoms with van der Waals surface area (Å²) in [7, 11) is -3.63. The van der Waals surface area contributed by atoms with Crippen molar-refractivity contribution < 1.29 is 8.42 Å². The van der Waals surface area contributed by atoms with Crippen molar-refractivity contribution in [1.82, 2.24) is 4.98 Å². The summed E-state index contributed by atoms with van der Waals surface area (Å²) in [6, 6.07) is 5.34. The van der Waals surface area contributed by atoms with Crippen LogP contribution in [0.4, 0.5) is 5.69 Å². The Morgan fingerprint density at radius 1 is 1.35 bits per heavy atom. The van der Waals surface area contributed by atoms with Gasteiger partial charge in [-0.2, -0.15) is 0 Å². The van der Waals surface area contributed by atoms with Crippen molar-refractivity contribution in [1.29, 1.82) is 0 Å². The van der Waals surface area contributed by atoms with Gasteiger partial charge in [0.2, 0.25) is 10.0 Å². The molecule has 1 aliphatic carbocycles. The molecule has 1 N–H and O–H groups in total. The first-order valence-electron chi connectivity index (χ1n) is 7.25. The van der Waals surface area contributed by atoms with E-state index >= 15 is 0 Å². The molecular formula is C17H17ClN2O2S. The fourth-order valence-corrected chi connectivity index (χ4v) is 4.06. The third kappa shape index (κ3) is 2.75. The Balaban J connectivity index is 2.10. The molecule has 3 rings (SSSR count). The van der Waals surface area contributed by atoms with Crippen molar-refractivity contribution in [2.45, 2.75) is 25.0 Å². The molecule has 0 fully saturated rings. The number of hydrogen-bond donors (Lipinski definition) is 1. The second kappa shape index (κ2) is 5.65. The first-order valence-corrected chi connectivity index (χ1v) is 9.11. The molecule has 0 saturated carbocycles. The van der Waals surface area contributed by atoms with Gasteiger partial charge in [-0.1, -0.05) is 35.9 Å². The summed E-state index contributed by atoms with van der Waals surface area (Å²) in [6.45, 7) is 3.55. The fraction of sp³-hybridized carbons (Fsp3) is 0.235. The van der Waals surface area contributed by atoms with E-state index in [9.17, 15) is 8.42 Å². The second-order valence-corrected chi connectivity index (χ2v) is 8.39. The zero-order valence-electron chi connectivity index (χ0n) is 12.9. The Hall–Kier alpha value is -1.85. The van der Waals surface area contributed by atoms with E-state index in [1.165, 1.54) is 0 Å². The monoisotopic (exact) mass is 348 g/mol. The lowest BCUT2D eigenvalue weighted by Crippen LogP contribution is -2.38. The number of halogens is 1. The van der Waals surface area contributed by atoms with E-state index in [2.05, 4.69) is 9.71 Å². The number of hydrogen-bond acceptors (Lipinski definition) is 3. The maximum Gasteiger partial charge on any atom is 0.242 e. The first-order chi connectivity index (χ1) is 10.8. The molecular weight excluding hydrogens is 332 g/mol. The Bertz CT molecular complexity index is 935. The van der Waals surface area contributed by atoms with Gasteiger partial charge < -0.3 is 0 Å². The minimum absolute atomic E-state index is 0.427. The van der Waals surface area contributed by atoms with Gasteiger partial charge in [0.15, 0.2) is 0 Å². The van der Waals surface area contributed by atoms with Crippen molar-refractivity contribution in [2.75, 3.05) is 4.72 Å². The number of allylic oxidation sites excluding steroid dienone is 3. The van der Waals surface area contributed by atoms with Gasteiger partial charge in [-0.05, 0) is 44.0 Å². The van der Waals surface area contributed by atoms with Crippen molar-refractivity contribution in [2.24, 2.45) is 0 Å². The van der Waals surface area contributed by atoms with E-state index < -0.39 is 14.8 Å². The number of fused-ring (bicyclic) bond motifs is 1. The summed E-state index contributed by atoms with van der Waals surface area (Å²) < 4.78 is 27.4. The molecule has 1 aliphatic rings. The number of rotatable bonds is 3. The van der Waals surface area contributed by atoms with Gasteiger partial charge in [0.05, 0.1) is 16.2 Å². The minimum atomic E-state index is -3.63. The molecule has 0 aliphatic heterocycles. The second-order valence-electron chi connectivity index (χ2n) is 5.86. The lowest BCUT2D eigenvalue weighted by molar-refractivity contribution is 0.568. The maximum atomic E-state index is 12.9. The molecule has 1 aromatic carbocycles. The molecule has 120 valence electrons. The molecule has 6 heteroatoms. The molecule has 1 heterocycles. The molecule has 1 atom stereocenters. The Labute approximate surface area is 140 Å². The van der Waals surface area contributed by atoms with Gasteiger partial charge in [-0.25, -0.2) is 8.42 Å². The van der Waals surface area contributed by atoms with Crippen LogP contribution in [0.15, 0.2) is 48.7 Å². The van der Waals surface area contributed by atoms with Crippen LogP contribution in [-0.2, 0) is 10.0 Å². The highest BCUT2D eigenvalue weighted by Gasteiger charge is 2.37. The van der Waals surface area contributed by atoms with Crippen LogP contribution in [-0.4, -0.2) is 18.1 Å². The van der Waals surface area contributed by atoms with E-state index in [-0.39, 0.29) is 0 Å². The highest BCUT2D eigenvalue weighted by molar-refractivity contribution is 7.94. The average Bonchev–Trinajstić information content (AvgIpc) is 2.53. The molecule has 0 bridgehead atoms. The summed E-state index contributed by atoms with van der Waals surface area (Å²) in [6.07, 6.45) is 9.21. The molecule has 0 amide bonds. The lowest BCUT2D eigenvalue weighted by Gasteiger charge is -2.27. The molecule has 4 nitrogen and oxygen atoms in total. The third-order valence-corrected chi connectivity index (χ3v) is 6.60. The summed E-state index contributed by atoms with van der Waals surface area (Å²) in [5.74, 6) is 0. The molecule has 0 radical (unpaired) electrons. The number of aromatic nitrogens is 1. The van der Waals surface area contributed by atoms with Crippen LogP contribution in [0.2, 0.25) is 5.02 Å². The zero-order chi connectivity index (χ0) is 16.7. The number of aryl methyl sites for hydroxylation is 1. The predicted molar refractivity (Wildman–Crippen MR) is 95.3 cm³/mol. The quantitative estimate of drug-likeness (QED) is 0.903. The van der Waals surface area contributed by atoms with Crippen LogP contribution in [0.3, 0.4) is 0 Å². The smallest absolute Gasteiger partial charge is 0.242 e. The van der Waals surface area contributed by atoms with Gasteiger partial charge in [-0.3, -0.25) is 9.71 Å². The first kappa shape index (κ1) is 16.0. The number of nitrogens with zero attached hydrogens (tertiary/aromatic N) is 1. The van der Waals surface area contributed by atoms with Crippen LogP contribution in [0.1, 0.15) is 18.9 Å². The van der Waals surface area contributed by atoms with E-state index in [4.69, 9.17) is 11.6 Å². The molecule has 1 aromatic heterocycles. The van der Waals surface area contributed by atoms with Crippen molar-refractivity contribution in [3.05, 3.63) is 59.3 Å². The normalized spacial score (nSPS) is 20.8. The SMILES string of the molecule is Cc1cc(NS(=O)(=O)C2(C)C=CC=CC2)c2ncccc2c1Cl. The molecule has 2 aromatic rings. The van der Waals surface area contributed by atoms with Gasteiger partial charge in [0.25, 0.3) is 0 Å². The van der Waals surface area contributed by atoms with E-state index in [0.29, 0.717) is 22.6 Å². The number of sulfonamides is 1. The zero-order valence-corrected chi connectivity index (χ0v) is 14.4. The van der Waals surface area contributed by atoms with Gasteiger partial charge >= 0.3 is 0 Å². The molecule has 0 spiro atoms. The van der Waals surface area contributed by atoms with E-state index in [1.54, 1.807) is 37.4 Å². The van der Waals surface area contributed by atoms with Gasteiger partial charge in [-0.15, -0.1) is 0 Å². The Morgan fingerprint density at radius 2 is 2.13 bits per heavy atom. The van der Waals surface area contributed by atoms with Crippen LogP contribution in [0, 0.1) is 6.92 Å². The van der Waals surface area contributed by atoms with Crippen molar-refractivity contribution in [3.63, 3.8) is 0 Å². The lowest BCUT2D eigenvalue weighted by atomic mass is 10.0. The summed E-state index contributed by atoms with van der Waals surface area (Å²) in [4.78, 5) is 4.29. The summed E-state index contributed by atoms with van der Waals surface area (Å²) in [5.41, 5.74) is 1.80. The average molecular weight is 349 g/mol. The molecule has 1 unspecified atom stereocenters. The van der Waals surface area contributed by atoms with Crippen LogP contribution >= 0.6 is 11.6 Å². The Morgan fingerprint density at radius 3 is 2.83 bits per heavy atom. The van der Waals surface area contributed by atoms with Crippen LogP contribution in [0.5, 0.6) is 0 Å². The maximum absolute atomic E-state index is 12.9. The van der Waals surface area contributed by atoms with Crippen molar-refractivity contribution in [3.8, 4) is 0 Å². The van der Waals surface area contributed by atoms with Crippen LogP contribution in [0.25, 0.3) is 10.9 Å². The summed E-state index contributed by atoms with van der Waals surface area (Å²) >= 11 is 6.31.